The molecule has 0 bridgehead atoms. The molecule has 0 aliphatic heterocycles. The van der Waals surface area contributed by atoms with E-state index in [0.29, 0.717) is 18.5 Å². The normalized spacial score (nSPS) is 14.6. The van der Waals surface area contributed by atoms with Crippen molar-refractivity contribution < 1.29 is 8.42 Å². The second-order valence-corrected chi connectivity index (χ2v) is 9.00. The van der Waals surface area contributed by atoms with Gasteiger partial charge in [-0.1, -0.05) is 0 Å². The maximum absolute atomic E-state index is 11.2. The third-order valence-electron chi connectivity index (χ3n) is 3.74. The van der Waals surface area contributed by atoms with Crippen LogP contribution in [0.5, 0.6) is 0 Å². The minimum absolute atomic E-state index is 0.0683. The second kappa shape index (κ2) is 10.9. The number of hydrogen-bond donors (Lipinski definition) is 2. The maximum atomic E-state index is 11.2. The minimum atomic E-state index is -2.91. The SMILES string of the molecule is CN=C(NCCCN(C(C)C)C(C)C)NC(C)CCS(C)(=O)=O. The Hall–Kier alpha value is -0.820. The van der Waals surface area contributed by atoms with Crippen LogP contribution in [0.15, 0.2) is 4.99 Å². The minimum Gasteiger partial charge on any atom is -0.356 e. The van der Waals surface area contributed by atoms with Gasteiger partial charge in [0, 0.05) is 44.5 Å². The van der Waals surface area contributed by atoms with Crippen molar-refractivity contribution in [1.82, 2.24) is 15.5 Å². The van der Waals surface area contributed by atoms with Crippen LogP contribution < -0.4 is 10.6 Å². The van der Waals surface area contributed by atoms with Crippen LogP contribution in [-0.2, 0) is 9.84 Å². The van der Waals surface area contributed by atoms with Gasteiger partial charge in [0.05, 0.1) is 5.75 Å². The highest BCUT2D eigenvalue weighted by atomic mass is 32.2. The molecule has 23 heavy (non-hydrogen) atoms. The molecule has 1 atom stereocenters. The molecule has 0 aromatic heterocycles. The predicted molar refractivity (Wildman–Crippen MR) is 99.9 cm³/mol. The van der Waals surface area contributed by atoms with E-state index in [0.717, 1.165) is 25.5 Å². The van der Waals surface area contributed by atoms with Gasteiger partial charge in [-0.3, -0.25) is 9.89 Å². The molecule has 0 aliphatic rings. The smallest absolute Gasteiger partial charge is 0.191 e. The van der Waals surface area contributed by atoms with Gasteiger partial charge in [0.2, 0.25) is 0 Å². The summed E-state index contributed by atoms with van der Waals surface area (Å²) in [5, 5.41) is 6.53. The zero-order valence-corrected chi connectivity index (χ0v) is 16.7. The Bertz CT molecular complexity index is 439. The number of rotatable bonds is 10. The van der Waals surface area contributed by atoms with Crippen molar-refractivity contribution in [3.8, 4) is 0 Å². The van der Waals surface area contributed by atoms with E-state index in [1.807, 2.05) is 6.92 Å². The average Bonchev–Trinajstić information content (AvgIpc) is 2.41. The van der Waals surface area contributed by atoms with E-state index in [1.165, 1.54) is 6.26 Å². The Labute approximate surface area is 143 Å². The van der Waals surface area contributed by atoms with Gasteiger partial charge in [0.15, 0.2) is 5.96 Å². The molecule has 1 unspecified atom stereocenters. The zero-order valence-electron chi connectivity index (χ0n) is 15.9. The van der Waals surface area contributed by atoms with E-state index in [2.05, 4.69) is 48.2 Å². The summed E-state index contributed by atoms with van der Waals surface area (Å²) in [5.74, 6) is 0.919. The number of guanidine groups is 1. The molecule has 0 heterocycles. The van der Waals surface area contributed by atoms with Gasteiger partial charge in [-0.05, 0) is 47.5 Å². The van der Waals surface area contributed by atoms with Gasteiger partial charge in [0.1, 0.15) is 9.84 Å². The third kappa shape index (κ3) is 11.4. The van der Waals surface area contributed by atoms with Crippen molar-refractivity contribution in [2.75, 3.05) is 32.1 Å². The molecule has 0 amide bonds. The highest BCUT2D eigenvalue weighted by Gasteiger charge is 2.13. The Balaban J connectivity index is 4.12. The average molecular weight is 349 g/mol. The Morgan fingerprint density at radius 2 is 1.70 bits per heavy atom. The topological polar surface area (TPSA) is 73.8 Å². The van der Waals surface area contributed by atoms with Crippen molar-refractivity contribution in [3.63, 3.8) is 0 Å². The molecule has 0 spiro atoms. The van der Waals surface area contributed by atoms with Crippen molar-refractivity contribution in [1.29, 1.82) is 0 Å². The Morgan fingerprint density at radius 1 is 1.13 bits per heavy atom. The molecule has 0 aromatic carbocycles. The van der Waals surface area contributed by atoms with Crippen LogP contribution in [0, 0.1) is 0 Å². The molecule has 2 N–H and O–H groups in total. The molecule has 7 heteroatoms. The van der Waals surface area contributed by atoms with Crippen LogP contribution in [0.1, 0.15) is 47.5 Å². The first-order chi connectivity index (χ1) is 10.6. The van der Waals surface area contributed by atoms with Gasteiger partial charge < -0.3 is 10.6 Å². The van der Waals surface area contributed by atoms with Crippen LogP contribution >= 0.6 is 0 Å². The van der Waals surface area contributed by atoms with E-state index in [-0.39, 0.29) is 11.8 Å². The quantitative estimate of drug-likeness (QED) is 0.355. The molecule has 138 valence electrons. The summed E-state index contributed by atoms with van der Waals surface area (Å²) in [7, 11) is -1.18. The fourth-order valence-corrected chi connectivity index (χ4v) is 3.25. The van der Waals surface area contributed by atoms with E-state index in [1.54, 1.807) is 7.05 Å². The lowest BCUT2D eigenvalue weighted by Gasteiger charge is -2.30. The van der Waals surface area contributed by atoms with Crippen molar-refractivity contribution in [3.05, 3.63) is 0 Å². The Kier molecular flexibility index (Phi) is 10.5. The number of sulfone groups is 1. The first kappa shape index (κ1) is 22.2. The first-order valence-corrected chi connectivity index (χ1v) is 10.5. The lowest BCUT2D eigenvalue weighted by Crippen LogP contribution is -2.44. The van der Waals surface area contributed by atoms with Gasteiger partial charge in [0.25, 0.3) is 0 Å². The lowest BCUT2D eigenvalue weighted by atomic mass is 10.2. The van der Waals surface area contributed by atoms with Crippen LogP contribution in [-0.4, -0.2) is 69.5 Å². The standard InChI is InChI=1S/C16H36N4O2S/c1-13(2)20(14(3)4)11-8-10-18-16(17-6)19-15(5)9-12-23(7,21)22/h13-15H,8-12H2,1-7H3,(H2,17,18,19). The monoisotopic (exact) mass is 348 g/mol. The molecule has 6 nitrogen and oxygen atoms in total. The summed E-state index contributed by atoms with van der Waals surface area (Å²) >= 11 is 0. The third-order valence-corrected chi connectivity index (χ3v) is 4.72. The molecule has 0 rings (SSSR count). The fraction of sp³-hybridized carbons (Fsp3) is 0.938. The van der Waals surface area contributed by atoms with Crippen molar-refractivity contribution >= 4 is 15.8 Å². The van der Waals surface area contributed by atoms with E-state index in [4.69, 9.17) is 0 Å². The summed E-state index contributed by atoms with van der Waals surface area (Å²) in [5.41, 5.74) is 0. The number of nitrogens with one attached hydrogen (secondary N) is 2. The molecular formula is C16H36N4O2S. The zero-order chi connectivity index (χ0) is 18.0. The highest BCUT2D eigenvalue weighted by Crippen LogP contribution is 2.05. The second-order valence-electron chi connectivity index (χ2n) is 6.74. The summed E-state index contributed by atoms with van der Waals surface area (Å²) in [6.45, 7) is 12.7. The molecule has 0 fully saturated rings. The molecule has 0 aromatic rings. The van der Waals surface area contributed by atoms with Gasteiger partial charge in [-0.15, -0.1) is 0 Å². The largest absolute Gasteiger partial charge is 0.356 e. The summed E-state index contributed by atoms with van der Waals surface area (Å²) in [4.78, 5) is 6.66. The molecule has 0 saturated heterocycles. The lowest BCUT2D eigenvalue weighted by molar-refractivity contribution is 0.173. The van der Waals surface area contributed by atoms with E-state index >= 15 is 0 Å². The Morgan fingerprint density at radius 3 is 2.13 bits per heavy atom. The van der Waals surface area contributed by atoms with Gasteiger partial charge >= 0.3 is 0 Å². The molecule has 0 radical (unpaired) electrons. The van der Waals surface area contributed by atoms with Crippen molar-refractivity contribution in [2.45, 2.75) is 65.6 Å². The number of nitrogens with zero attached hydrogens (tertiary/aromatic N) is 2. The van der Waals surface area contributed by atoms with Crippen LogP contribution in [0.4, 0.5) is 0 Å². The number of aliphatic imine (C=N–C) groups is 1. The predicted octanol–water partition coefficient (Wildman–Crippen LogP) is 1.48. The van der Waals surface area contributed by atoms with Crippen molar-refractivity contribution in [2.24, 2.45) is 4.99 Å². The van der Waals surface area contributed by atoms with Gasteiger partial charge in [-0.2, -0.15) is 0 Å². The first-order valence-electron chi connectivity index (χ1n) is 8.47. The molecule has 0 aliphatic carbocycles. The van der Waals surface area contributed by atoms with Crippen LogP contribution in [0.25, 0.3) is 0 Å². The highest BCUT2D eigenvalue weighted by molar-refractivity contribution is 7.90. The number of hydrogen-bond acceptors (Lipinski definition) is 4. The van der Waals surface area contributed by atoms with Crippen LogP contribution in [0.3, 0.4) is 0 Å². The summed E-state index contributed by atoms with van der Waals surface area (Å²) < 4.78 is 22.4. The summed E-state index contributed by atoms with van der Waals surface area (Å²) in [6.07, 6.45) is 2.88. The van der Waals surface area contributed by atoms with Gasteiger partial charge in [-0.25, -0.2) is 8.42 Å². The summed E-state index contributed by atoms with van der Waals surface area (Å²) in [6, 6.07) is 1.16. The molecule has 0 saturated carbocycles. The maximum Gasteiger partial charge on any atom is 0.191 e. The van der Waals surface area contributed by atoms with E-state index in [9.17, 15) is 8.42 Å². The van der Waals surface area contributed by atoms with E-state index < -0.39 is 9.84 Å². The fourth-order valence-electron chi connectivity index (χ4n) is 2.47. The molecular weight excluding hydrogens is 312 g/mol. The van der Waals surface area contributed by atoms with Crippen LogP contribution in [0.2, 0.25) is 0 Å².